The van der Waals surface area contributed by atoms with Crippen molar-refractivity contribution in [2.75, 3.05) is 33.3 Å². The molecule has 2 amide bonds. The van der Waals surface area contributed by atoms with Gasteiger partial charge in [-0.15, -0.1) is 0 Å². The van der Waals surface area contributed by atoms with Crippen LogP contribution in [0.1, 0.15) is 25.1 Å². The summed E-state index contributed by atoms with van der Waals surface area (Å²) in [6, 6.07) is 0. The number of ether oxygens (including phenoxy) is 1. The minimum Gasteiger partial charge on any atom is -0.376 e. The van der Waals surface area contributed by atoms with E-state index in [-0.39, 0.29) is 29.8 Å². The molecule has 1 N–H and O–H groups in total. The summed E-state index contributed by atoms with van der Waals surface area (Å²) in [6.07, 6.45) is 2.30. The zero-order valence-electron chi connectivity index (χ0n) is 12.9. The number of H-pyrrole nitrogens is 1. The highest BCUT2D eigenvalue weighted by molar-refractivity contribution is 5.83. The summed E-state index contributed by atoms with van der Waals surface area (Å²) >= 11 is 0. The third-order valence-electron chi connectivity index (χ3n) is 4.50. The number of hydrogen-bond donors (Lipinski definition) is 1. The number of amides is 2. The van der Waals surface area contributed by atoms with Crippen molar-refractivity contribution in [2.45, 2.75) is 25.4 Å². The maximum absolute atomic E-state index is 12.4. The molecule has 2 saturated heterocycles. The van der Waals surface area contributed by atoms with Crippen LogP contribution in [0.5, 0.6) is 0 Å². The molecule has 22 heavy (non-hydrogen) atoms. The smallest absolute Gasteiger partial charge is 0.229 e. The number of nitrogens with zero attached hydrogens (tertiary/aromatic N) is 4. The molecule has 0 saturated carbocycles. The molecule has 0 radical (unpaired) electrons. The highest BCUT2D eigenvalue weighted by Crippen LogP contribution is 2.29. The van der Waals surface area contributed by atoms with Crippen LogP contribution in [-0.4, -0.2) is 76.2 Å². The molecule has 2 atom stereocenters. The maximum atomic E-state index is 12.4. The van der Waals surface area contributed by atoms with Crippen LogP contribution in [0, 0.1) is 5.92 Å². The van der Waals surface area contributed by atoms with E-state index in [0.29, 0.717) is 26.2 Å². The summed E-state index contributed by atoms with van der Waals surface area (Å²) in [5, 5.41) is 6.77. The summed E-state index contributed by atoms with van der Waals surface area (Å²) in [7, 11) is 1.79. The molecule has 2 fully saturated rings. The lowest BCUT2D eigenvalue weighted by molar-refractivity contribution is -0.147. The summed E-state index contributed by atoms with van der Waals surface area (Å²) in [5.74, 6) is 0.974. The Morgan fingerprint density at radius 2 is 2.27 bits per heavy atom. The molecule has 2 aliphatic heterocycles. The average molecular weight is 307 g/mol. The standard InChI is InChI=1S/C14H21N5O3/c1-9(20)19-5-10(6-19)14(21)18(2)7-12-11(3-4-22-12)13-15-8-16-17-13/h8,10-12H,3-7H2,1-2H3,(H,15,16,17)/t11-,12-/m1/s1. The molecule has 0 aromatic carbocycles. The first-order valence-corrected chi connectivity index (χ1v) is 7.53. The van der Waals surface area contributed by atoms with Gasteiger partial charge in [-0.3, -0.25) is 14.7 Å². The number of nitrogens with one attached hydrogen (secondary N) is 1. The van der Waals surface area contributed by atoms with Crippen LogP contribution in [0.3, 0.4) is 0 Å². The van der Waals surface area contributed by atoms with Gasteiger partial charge in [0.1, 0.15) is 12.2 Å². The van der Waals surface area contributed by atoms with E-state index in [9.17, 15) is 9.59 Å². The normalized spacial score (nSPS) is 25.1. The number of likely N-dealkylation sites (tertiary alicyclic amines) is 1. The van der Waals surface area contributed by atoms with Gasteiger partial charge in [0, 0.05) is 46.1 Å². The Bertz CT molecular complexity index is 541. The predicted molar refractivity (Wildman–Crippen MR) is 76.9 cm³/mol. The molecule has 8 heteroatoms. The lowest BCUT2D eigenvalue weighted by atomic mass is 9.97. The quantitative estimate of drug-likeness (QED) is 0.818. The van der Waals surface area contributed by atoms with Gasteiger partial charge >= 0.3 is 0 Å². The number of rotatable bonds is 4. The molecule has 0 bridgehead atoms. The number of carbonyl (C=O) groups is 2. The van der Waals surface area contributed by atoms with Crippen molar-refractivity contribution in [2.24, 2.45) is 5.92 Å². The van der Waals surface area contributed by atoms with Gasteiger partial charge in [-0.25, -0.2) is 4.98 Å². The predicted octanol–water partition coefficient (Wildman–Crippen LogP) is -0.386. The van der Waals surface area contributed by atoms with Gasteiger partial charge in [0.05, 0.1) is 12.0 Å². The fourth-order valence-electron chi connectivity index (χ4n) is 3.10. The van der Waals surface area contributed by atoms with Crippen molar-refractivity contribution in [3.63, 3.8) is 0 Å². The van der Waals surface area contributed by atoms with E-state index < -0.39 is 0 Å². The molecule has 0 unspecified atom stereocenters. The number of aromatic amines is 1. The zero-order chi connectivity index (χ0) is 15.7. The zero-order valence-corrected chi connectivity index (χ0v) is 12.9. The van der Waals surface area contributed by atoms with Gasteiger partial charge in [0.25, 0.3) is 0 Å². The summed E-state index contributed by atoms with van der Waals surface area (Å²) < 4.78 is 5.75. The van der Waals surface area contributed by atoms with Crippen LogP contribution in [0.15, 0.2) is 6.33 Å². The number of aromatic nitrogens is 3. The topological polar surface area (TPSA) is 91.4 Å². The van der Waals surface area contributed by atoms with E-state index in [1.807, 2.05) is 0 Å². The largest absolute Gasteiger partial charge is 0.376 e. The van der Waals surface area contributed by atoms with E-state index in [1.54, 1.807) is 16.8 Å². The van der Waals surface area contributed by atoms with Crippen molar-refractivity contribution >= 4 is 11.8 Å². The molecule has 3 rings (SSSR count). The molecule has 3 heterocycles. The molecule has 8 nitrogen and oxygen atoms in total. The minimum atomic E-state index is -0.0842. The molecule has 0 aliphatic carbocycles. The molecule has 2 aliphatic rings. The Balaban J connectivity index is 1.54. The van der Waals surface area contributed by atoms with E-state index in [0.717, 1.165) is 12.2 Å². The lowest BCUT2D eigenvalue weighted by Gasteiger charge is -2.39. The van der Waals surface area contributed by atoms with Crippen LogP contribution in [0.25, 0.3) is 0 Å². The van der Waals surface area contributed by atoms with Crippen LogP contribution >= 0.6 is 0 Å². The Labute approximate surface area is 128 Å². The van der Waals surface area contributed by atoms with Gasteiger partial charge in [-0.2, -0.15) is 5.10 Å². The van der Waals surface area contributed by atoms with Crippen molar-refractivity contribution < 1.29 is 14.3 Å². The minimum absolute atomic E-state index is 0.0243. The molecule has 0 spiro atoms. The summed E-state index contributed by atoms with van der Waals surface area (Å²) in [4.78, 5) is 31.1. The fourth-order valence-corrected chi connectivity index (χ4v) is 3.10. The summed E-state index contributed by atoms with van der Waals surface area (Å²) in [5.41, 5.74) is 0. The third kappa shape index (κ3) is 2.83. The van der Waals surface area contributed by atoms with Crippen molar-refractivity contribution in [3.05, 3.63) is 12.2 Å². The monoisotopic (exact) mass is 307 g/mol. The highest BCUT2D eigenvalue weighted by Gasteiger charge is 2.38. The van der Waals surface area contributed by atoms with Gasteiger partial charge < -0.3 is 14.5 Å². The van der Waals surface area contributed by atoms with Crippen LogP contribution in [-0.2, 0) is 14.3 Å². The van der Waals surface area contributed by atoms with E-state index >= 15 is 0 Å². The van der Waals surface area contributed by atoms with Crippen molar-refractivity contribution in [3.8, 4) is 0 Å². The van der Waals surface area contributed by atoms with Gasteiger partial charge in [-0.1, -0.05) is 0 Å². The van der Waals surface area contributed by atoms with Crippen LogP contribution < -0.4 is 0 Å². The molecule has 120 valence electrons. The van der Waals surface area contributed by atoms with E-state index in [2.05, 4.69) is 15.2 Å². The van der Waals surface area contributed by atoms with E-state index in [4.69, 9.17) is 4.74 Å². The first-order valence-electron chi connectivity index (χ1n) is 7.53. The number of hydrogen-bond acceptors (Lipinski definition) is 5. The number of likely N-dealkylation sites (N-methyl/N-ethyl adjacent to an activating group) is 1. The Kier molecular flexibility index (Phi) is 4.10. The summed E-state index contributed by atoms with van der Waals surface area (Å²) in [6.45, 7) is 3.77. The van der Waals surface area contributed by atoms with Gasteiger partial charge in [0.15, 0.2) is 0 Å². The molecule has 1 aromatic heterocycles. The van der Waals surface area contributed by atoms with Crippen molar-refractivity contribution in [1.82, 2.24) is 25.0 Å². The van der Waals surface area contributed by atoms with Crippen molar-refractivity contribution in [1.29, 1.82) is 0 Å². The average Bonchev–Trinajstić information content (AvgIpc) is 3.05. The molecule has 1 aromatic rings. The Hall–Kier alpha value is -1.96. The highest BCUT2D eigenvalue weighted by atomic mass is 16.5. The SMILES string of the molecule is CC(=O)N1CC(C(=O)N(C)C[C@H]2OCC[C@H]2c2ncn[nH]2)C1. The van der Waals surface area contributed by atoms with Crippen LogP contribution in [0.4, 0.5) is 0 Å². The third-order valence-corrected chi connectivity index (χ3v) is 4.50. The first kappa shape index (κ1) is 15.0. The second kappa shape index (κ2) is 6.04. The molecular weight excluding hydrogens is 286 g/mol. The number of carbonyl (C=O) groups excluding carboxylic acids is 2. The van der Waals surface area contributed by atoms with Crippen LogP contribution in [0.2, 0.25) is 0 Å². The fraction of sp³-hybridized carbons (Fsp3) is 0.714. The van der Waals surface area contributed by atoms with E-state index in [1.165, 1.54) is 13.3 Å². The second-order valence-electron chi connectivity index (χ2n) is 6.01. The Morgan fingerprint density at radius 1 is 1.50 bits per heavy atom. The molecular formula is C14H21N5O3. The maximum Gasteiger partial charge on any atom is 0.229 e. The first-order chi connectivity index (χ1) is 10.6. The second-order valence-corrected chi connectivity index (χ2v) is 6.01. The van der Waals surface area contributed by atoms with Gasteiger partial charge in [-0.05, 0) is 6.42 Å². The Morgan fingerprint density at radius 3 is 2.91 bits per heavy atom. The lowest BCUT2D eigenvalue weighted by Crippen LogP contribution is -2.56. The van der Waals surface area contributed by atoms with Gasteiger partial charge in [0.2, 0.25) is 11.8 Å².